The minimum Gasteiger partial charge on any atom is -0.506 e. The standard InChI is InChI=1S/C58H35NO2/c59-53-40-49(36-38-54(53)60)61-55-39-48(34-30-44-21-11-4-12-22-44)57-46(32-28-42-17-7-2-8-18-42)24-14-26-52(57)58(55)51-37-35-47(33-29-43-19-9-3-10-20-43)56-45(23-13-25-50(51)56)31-27-41-15-5-1-6-16-41/h1-26,35-40,60H,59H2. The molecule has 0 spiro atoms. The Morgan fingerprint density at radius 1 is 0.377 bits per heavy atom. The largest absolute Gasteiger partial charge is 0.506 e. The number of phenols is 1. The minimum absolute atomic E-state index is 0.0236. The molecule has 61 heavy (non-hydrogen) atoms. The maximum absolute atomic E-state index is 10.3. The van der Waals surface area contributed by atoms with Gasteiger partial charge in [0.2, 0.25) is 0 Å². The molecular weight excluding hydrogens is 743 g/mol. The van der Waals surface area contributed by atoms with Gasteiger partial charge in [-0.05, 0) is 101 Å². The first-order valence-electron chi connectivity index (χ1n) is 19.8. The summed E-state index contributed by atoms with van der Waals surface area (Å²) in [5, 5.41) is 14.0. The number of nitrogen functional groups attached to an aromatic ring is 1. The molecule has 3 heteroatoms. The van der Waals surface area contributed by atoms with E-state index < -0.39 is 0 Å². The molecular formula is C58H35NO2. The van der Waals surface area contributed by atoms with Crippen LogP contribution in [0.5, 0.6) is 17.2 Å². The highest BCUT2D eigenvalue weighted by Gasteiger charge is 2.21. The van der Waals surface area contributed by atoms with E-state index in [2.05, 4.69) is 71.6 Å². The van der Waals surface area contributed by atoms with Crippen molar-refractivity contribution < 1.29 is 9.84 Å². The van der Waals surface area contributed by atoms with E-state index in [1.807, 2.05) is 152 Å². The van der Waals surface area contributed by atoms with Crippen molar-refractivity contribution in [3.8, 4) is 75.7 Å². The molecule has 9 rings (SSSR count). The fourth-order valence-electron chi connectivity index (χ4n) is 7.22. The molecule has 284 valence electrons. The first-order valence-corrected chi connectivity index (χ1v) is 19.8. The molecule has 0 saturated carbocycles. The zero-order valence-electron chi connectivity index (χ0n) is 32.9. The second-order valence-corrected chi connectivity index (χ2v) is 14.2. The van der Waals surface area contributed by atoms with Crippen LogP contribution in [0.4, 0.5) is 5.69 Å². The number of fused-ring (bicyclic) bond motifs is 2. The van der Waals surface area contributed by atoms with Crippen LogP contribution in [0.1, 0.15) is 44.5 Å². The SMILES string of the molecule is Nc1cc(Oc2cc(C#Cc3ccccc3)c3c(C#Cc4ccccc4)cccc3c2-c2ccc(C#Cc3ccccc3)c3c(C#Cc4ccccc4)cccc23)ccc1O. The van der Waals surface area contributed by atoms with Gasteiger partial charge >= 0.3 is 0 Å². The zero-order chi connectivity index (χ0) is 41.4. The second kappa shape index (κ2) is 17.3. The second-order valence-electron chi connectivity index (χ2n) is 14.2. The third-order valence-electron chi connectivity index (χ3n) is 10.1. The van der Waals surface area contributed by atoms with Crippen molar-refractivity contribution in [3.63, 3.8) is 0 Å². The molecule has 0 saturated heterocycles. The number of anilines is 1. The molecule has 0 bridgehead atoms. The van der Waals surface area contributed by atoms with Crippen LogP contribution in [0.25, 0.3) is 32.7 Å². The van der Waals surface area contributed by atoms with Crippen LogP contribution in [-0.2, 0) is 0 Å². The minimum atomic E-state index is -0.0236. The fraction of sp³-hybridized carbons (Fsp3) is 0. The fourth-order valence-corrected chi connectivity index (χ4v) is 7.22. The molecule has 9 aromatic carbocycles. The van der Waals surface area contributed by atoms with E-state index >= 15 is 0 Å². The zero-order valence-corrected chi connectivity index (χ0v) is 32.9. The Bertz CT molecular complexity index is 3280. The first-order chi connectivity index (χ1) is 30.1. The van der Waals surface area contributed by atoms with Crippen molar-refractivity contribution in [2.75, 3.05) is 5.73 Å². The number of aromatic hydroxyl groups is 1. The van der Waals surface area contributed by atoms with Crippen LogP contribution in [-0.4, -0.2) is 5.11 Å². The van der Waals surface area contributed by atoms with E-state index in [9.17, 15) is 5.11 Å². The third kappa shape index (κ3) is 8.42. The maximum Gasteiger partial charge on any atom is 0.138 e. The number of nitrogens with two attached hydrogens (primary N) is 1. The number of ether oxygens (including phenoxy) is 1. The molecule has 0 heterocycles. The van der Waals surface area contributed by atoms with Gasteiger partial charge in [-0.25, -0.2) is 0 Å². The van der Waals surface area contributed by atoms with Gasteiger partial charge in [0.1, 0.15) is 17.2 Å². The summed E-state index contributed by atoms with van der Waals surface area (Å²) in [7, 11) is 0. The number of phenolic OH excluding ortho intramolecular Hbond substituents is 1. The Morgan fingerprint density at radius 3 is 1.31 bits per heavy atom. The normalized spacial score (nSPS) is 10.2. The Labute approximate surface area is 355 Å². The maximum atomic E-state index is 10.3. The average molecular weight is 778 g/mol. The molecule has 3 N–H and O–H groups in total. The highest BCUT2D eigenvalue weighted by Crippen LogP contribution is 2.45. The van der Waals surface area contributed by atoms with Gasteiger partial charge in [0.15, 0.2) is 0 Å². The quantitative estimate of drug-likeness (QED) is 0.107. The van der Waals surface area contributed by atoms with Crippen LogP contribution in [0, 0.1) is 47.4 Å². The number of hydrogen-bond acceptors (Lipinski definition) is 3. The van der Waals surface area contributed by atoms with Crippen LogP contribution in [0.2, 0.25) is 0 Å². The van der Waals surface area contributed by atoms with Crippen LogP contribution >= 0.6 is 0 Å². The van der Waals surface area contributed by atoms with Crippen molar-refractivity contribution in [2.24, 2.45) is 0 Å². The van der Waals surface area contributed by atoms with Crippen molar-refractivity contribution in [1.29, 1.82) is 0 Å². The van der Waals surface area contributed by atoms with Gasteiger partial charge in [0, 0.05) is 66.9 Å². The highest BCUT2D eigenvalue weighted by atomic mass is 16.5. The molecule has 0 aliphatic rings. The molecule has 0 unspecified atom stereocenters. The highest BCUT2D eigenvalue weighted by molar-refractivity contribution is 6.12. The van der Waals surface area contributed by atoms with E-state index in [1.165, 1.54) is 6.07 Å². The predicted octanol–water partition coefficient (Wildman–Crippen LogP) is 12.3. The number of benzene rings is 9. The summed E-state index contributed by atoms with van der Waals surface area (Å²) >= 11 is 0. The van der Waals surface area contributed by atoms with E-state index in [4.69, 9.17) is 10.5 Å². The van der Waals surface area contributed by atoms with E-state index in [1.54, 1.807) is 12.1 Å². The number of hydrogen-bond donors (Lipinski definition) is 2. The molecule has 9 aromatic rings. The van der Waals surface area contributed by atoms with Gasteiger partial charge < -0.3 is 15.6 Å². The molecule has 0 aliphatic heterocycles. The van der Waals surface area contributed by atoms with E-state index in [0.29, 0.717) is 11.5 Å². The lowest BCUT2D eigenvalue weighted by Gasteiger charge is -2.19. The van der Waals surface area contributed by atoms with E-state index in [0.717, 1.165) is 77.2 Å². The summed E-state index contributed by atoms with van der Waals surface area (Å²) in [5.41, 5.74) is 15.0. The summed E-state index contributed by atoms with van der Waals surface area (Å²) in [6.45, 7) is 0. The first kappa shape index (κ1) is 37.7. The Hall–Kier alpha value is -8.86. The Kier molecular flexibility index (Phi) is 10.7. The Balaban J connectivity index is 1.36. The van der Waals surface area contributed by atoms with Crippen LogP contribution < -0.4 is 10.5 Å². The average Bonchev–Trinajstić information content (AvgIpc) is 3.31. The summed E-state index contributed by atoms with van der Waals surface area (Å²) in [6.07, 6.45) is 0. The smallest absolute Gasteiger partial charge is 0.138 e. The summed E-state index contributed by atoms with van der Waals surface area (Å²) in [5.74, 6) is 28.5. The van der Waals surface area contributed by atoms with Crippen molar-refractivity contribution in [1.82, 2.24) is 0 Å². The van der Waals surface area contributed by atoms with Crippen molar-refractivity contribution in [2.45, 2.75) is 0 Å². The van der Waals surface area contributed by atoms with Gasteiger partial charge in [0.25, 0.3) is 0 Å². The molecule has 0 amide bonds. The third-order valence-corrected chi connectivity index (χ3v) is 10.1. The van der Waals surface area contributed by atoms with Crippen molar-refractivity contribution >= 4 is 27.2 Å². The summed E-state index contributed by atoms with van der Waals surface area (Å²) in [6, 6.07) is 63.2. The Morgan fingerprint density at radius 2 is 0.820 bits per heavy atom. The number of rotatable bonds is 3. The lowest BCUT2D eigenvalue weighted by atomic mass is 9.87. The molecule has 3 nitrogen and oxygen atoms in total. The van der Waals surface area contributed by atoms with E-state index in [-0.39, 0.29) is 11.4 Å². The van der Waals surface area contributed by atoms with Crippen LogP contribution in [0.3, 0.4) is 0 Å². The molecule has 0 radical (unpaired) electrons. The summed E-state index contributed by atoms with van der Waals surface area (Å²) in [4.78, 5) is 0. The molecule has 0 aromatic heterocycles. The topological polar surface area (TPSA) is 55.5 Å². The van der Waals surface area contributed by atoms with Crippen LogP contribution in [0.15, 0.2) is 194 Å². The van der Waals surface area contributed by atoms with Gasteiger partial charge in [0.05, 0.1) is 5.69 Å². The van der Waals surface area contributed by atoms with Gasteiger partial charge in [-0.2, -0.15) is 0 Å². The van der Waals surface area contributed by atoms with Crippen molar-refractivity contribution in [3.05, 3.63) is 239 Å². The van der Waals surface area contributed by atoms with Gasteiger partial charge in [-0.15, -0.1) is 0 Å². The lowest BCUT2D eigenvalue weighted by Crippen LogP contribution is -1.97. The van der Waals surface area contributed by atoms with Gasteiger partial charge in [-0.1, -0.05) is 150 Å². The summed E-state index contributed by atoms with van der Waals surface area (Å²) < 4.78 is 6.84. The predicted molar refractivity (Wildman–Crippen MR) is 249 cm³/mol. The monoisotopic (exact) mass is 777 g/mol. The lowest BCUT2D eigenvalue weighted by molar-refractivity contribution is 0.467. The van der Waals surface area contributed by atoms with Gasteiger partial charge in [-0.3, -0.25) is 0 Å². The molecule has 0 fully saturated rings. The molecule has 0 aliphatic carbocycles. The molecule has 0 atom stereocenters.